The number of aryl methyl sites for hydroxylation is 1. The van der Waals surface area contributed by atoms with Crippen LogP contribution >= 0.6 is 0 Å². The Labute approximate surface area is 139 Å². The van der Waals surface area contributed by atoms with Crippen LogP contribution in [0.2, 0.25) is 0 Å². The molecule has 2 heterocycles. The van der Waals surface area contributed by atoms with Crippen molar-refractivity contribution in [1.82, 2.24) is 14.4 Å². The molecule has 1 aliphatic rings. The average molecular weight is 348 g/mol. The van der Waals surface area contributed by atoms with Crippen molar-refractivity contribution >= 4 is 10.0 Å². The molecule has 0 saturated carbocycles. The molecule has 1 fully saturated rings. The van der Waals surface area contributed by atoms with Crippen molar-refractivity contribution in [2.75, 3.05) is 13.1 Å². The third-order valence-corrected chi connectivity index (χ3v) is 5.73. The molecule has 0 bridgehead atoms. The van der Waals surface area contributed by atoms with Crippen LogP contribution in [0.1, 0.15) is 29.3 Å². The number of benzene rings is 1. The van der Waals surface area contributed by atoms with Gasteiger partial charge in [0.05, 0.1) is 23.9 Å². The number of β-amino-alcohol motifs (C(OH)–C–C–N with tert-alkyl or cyclic N) is 1. The molecule has 1 saturated heterocycles. The maximum atomic E-state index is 12.6. The van der Waals surface area contributed by atoms with E-state index >= 15 is 0 Å². The topological polar surface area (TPSA) is 120 Å². The van der Waals surface area contributed by atoms with Gasteiger partial charge in [-0.1, -0.05) is 17.3 Å². The molecule has 9 heteroatoms. The van der Waals surface area contributed by atoms with E-state index in [1.165, 1.54) is 4.31 Å². The average Bonchev–Trinajstić information content (AvgIpc) is 3.15. The van der Waals surface area contributed by atoms with E-state index in [1.54, 1.807) is 31.2 Å². The third-order valence-electron chi connectivity index (χ3n) is 3.94. The number of hydrogen-bond acceptors (Lipinski definition) is 7. The van der Waals surface area contributed by atoms with Crippen LogP contribution < -0.4 is 0 Å². The van der Waals surface area contributed by atoms with Crippen molar-refractivity contribution in [3.05, 3.63) is 47.1 Å². The summed E-state index contributed by atoms with van der Waals surface area (Å²) in [6.07, 6.45) is 0.187. The largest absolute Gasteiger partial charge is 0.379 e. The molecule has 1 aromatic heterocycles. The van der Waals surface area contributed by atoms with Gasteiger partial charge in [0.15, 0.2) is 11.4 Å². The van der Waals surface area contributed by atoms with E-state index in [1.807, 2.05) is 6.07 Å². The molecule has 3 rings (SSSR count). The molecular weight excluding hydrogens is 332 g/mol. The lowest BCUT2D eigenvalue weighted by Crippen LogP contribution is -2.35. The fraction of sp³-hybridized carbons (Fsp3) is 0.400. The number of aliphatic hydroxyl groups is 1. The van der Waals surface area contributed by atoms with E-state index < -0.39 is 15.6 Å². The Morgan fingerprint density at radius 3 is 2.96 bits per heavy atom. The lowest BCUT2D eigenvalue weighted by atomic mass is 10.0. The summed E-state index contributed by atoms with van der Waals surface area (Å²) in [6.45, 7) is 1.66. The number of rotatable bonds is 4. The SMILES string of the molecule is Cc1noc([C@]2(O)CCN(S(=O)(=O)Cc3cccc(C#N)c3)C2)n1. The number of sulfonamides is 1. The Morgan fingerprint density at radius 2 is 2.29 bits per heavy atom. The highest BCUT2D eigenvalue weighted by Gasteiger charge is 2.46. The zero-order chi connectivity index (χ0) is 17.4. The lowest BCUT2D eigenvalue weighted by molar-refractivity contribution is 0.0194. The molecule has 1 atom stereocenters. The first-order chi connectivity index (χ1) is 11.3. The molecule has 1 N–H and O–H groups in total. The van der Waals surface area contributed by atoms with Gasteiger partial charge in [-0.3, -0.25) is 0 Å². The molecule has 0 unspecified atom stereocenters. The third kappa shape index (κ3) is 3.17. The quantitative estimate of drug-likeness (QED) is 0.862. The summed E-state index contributed by atoms with van der Waals surface area (Å²) in [5, 5.41) is 23.2. The molecule has 126 valence electrons. The normalized spacial score (nSPS) is 21.7. The maximum Gasteiger partial charge on any atom is 0.260 e. The molecule has 8 nitrogen and oxygen atoms in total. The maximum absolute atomic E-state index is 12.6. The molecule has 2 aromatic rings. The minimum Gasteiger partial charge on any atom is -0.379 e. The standard InChI is InChI=1S/C15H16N4O4S/c1-11-17-14(23-18-11)15(20)5-6-19(10-15)24(21,22)9-13-4-2-3-12(7-13)8-16/h2-4,7,20H,5-6,9-10H2,1H3/t15-/m0/s1. The monoisotopic (exact) mass is 348 g/mol. The molecule has 0 amide bonds. The summed E-state index contributed by atoms with van der Waals surface area (Å²) in [6, 6.07) is 8.44. The van der Waals surface area contributed by atoms with Crippen LogP contribution in [-0.2, 0) is 21.4 Å². The van der Waals surface area contributed by atoms with Crippen LogP contribution in [0.5, 0.6) is 0 Å². The summed E-state index contributed by atoms with van der Waals surface area (Å²) in [7, 11) is -3.64. The second-order valence-electron chi connectivity index (χ2n) is 5.83. The first-order valence-electron chi connectivity index (χ1n) is 7.32. The number of hydrogen-bond donors (Lipinski definition) is 1. The smallest absolute Gasteiger partial charge is 0.260 e. The van der Waals surface area contributed by atoms with Crippen LogP contribution in [-0.4, -0.2) is 41.1 Å². The summed E-state index contributed by atoms with van der Waals surface area (Å²) in [4.78, 5) is 4.00. The van der Waals surface area contributed by atoms with E-state index in [0.717, 1.165) is 0 Å². The second kappa shape index (κ2) is 5.98. The predicted octanol–water partition coefficient (Wildman–Crippen LogP) is 0.673. The number of nitrogens with zero attached hydrogens (tertiary/aromatic N) is 4. The zero-order valence-electron chi connectivity index (χ0n) is 13.0. The lowest BCUT2D eigenvalue weighted by Gasteiger charge is -2.19. The number of nitriles is 1. The van der Waals surface area contributed by atoms with Gasteiger partial charge in [-0.2, -0.15) is 14.6 Å². The van der Waals surface area contributed by atoms with Gasteiger partial charge < -0.3 is 9.63 Å². The summed E-state index contributed by atoms with van der Waals surface area (Å²) >= 11 is 0. The van der Waals surface area contributed by atoms with Crippen molar-refractivity contribution in [3.8, 4) is 6.07 Å². The molecule has 1 aromatic carbocycles. The van der Waals surface area contributed by atoms with Crippen LogP contribution in [0.15, 0.2) is 28.8 Å². The Morgan fingerprint density at radius 1 is 1.50 bits per heavy atom. The second-order valence-corrected chi connectivity index (χ2v) is 7.80. The predicted molar refractivity (Wildman–Crippen MR) is 82.9 cm³/mol. The summed E-state index contributed by atoms with van der Waals surface area (Å²) in [5.74, 6) is 0.179. The van der Waals surface area contributed by atoms with Crippen LogP contribution in [0.4, 0.5) is 0 Å². The zero-order valence-corrected chi connectivity index (χ0v) is 13.8. The van der Waals surface area contributed by atoms with Gasteiger partial charge >= 0.3 is 0 Å². The Hall–Kier alpha value is -2.28. The highest BCUT2D eigenvalue weighted by Crippen LogP contribution is 2.33. The fourth-order valence-electron chi connectivity index (χ4n) is 2.69. The molecule has 1 aliphatic heterocycles. The van der Waals surface area contributed by atoms with Crippen LogP contribution in [0.3, 0.4) is 0 Å². The first-order valence-corrected chi connectivity index (χ1v) is 8.93. The highest BCUT2D eigenvalue weighted by atomic mass is 32.2. The van der Waals surface area contributed by atoms with E-state index in [4.69, 9.17) is 9.78 Å². The van der Waals surface area contributed by atoms with Crippen molar-refractivity contribution in [2.24, 2.45) is 0 Å². The van der Waals surface area contributed by atoms with Gasteiger partial charge in [-0.25, -0.2) is 8.42 Å². The summed E-state index contributed by atoms with van der Waals surface area (Å²) in [5.41, 5.74) is -0.539. The van der Waals surface area contributed by atoms with Crippen molar-refractivity contribution in [1.29, 1.82) is 5.26 Å². The minimum absolute atomic E-state index is 0.0316. The van der Waals surface area contributed by atoms with Gasteiger partial charge in [0.25, 0.3) is 5.89 Å². The van der Waals surface area contributed by atoms with Gasteiger partial charge in [0, 0.05) is 13.0 Å². The molecule has 0 spiro atoms. The van der Waals surface area contributed by atoms with E-state index in [0.29, 0.717) is 17.0 Å². The molecule has 0 aliphatic carbocycles. The Balaban J connectivity index is 1.78. The van der Waals surface area contributed by atoms with E-state index in [-0.39, 0.29) is 31.2 Å². The summed E-state index contributed by atoms with van der Waals surface area (Å²) < 4.78 is 31.4. The van der Waals surface area contributed by atoms with Crippen molar-refractivity contribution < 1.29 is 18.0 Å². The number of aromatic nitrogens is 2. The molecule has 0 radical (unpaired) electrons. The highest BCUT2D eigenvalue weighted by molar-refractivity contribution is 7.88. The van der Waals surface area contributed by atoms with E-state index in [2.05, 4.69) is 10.1 Å². The fourth-order valence-corrected chi connectivity index (χ4v) is 4.25. The van der Waals surface area contributed by atoms with Crippen molar-refractivity contribution in [2.45, 2.75) is 24.7 Å². The van der Waals surface area contributed by atoms with Crippen molar-refractivity contribution in [3.63, 3.8) is 0 Å². The minimum atomic E-state index is -3.64. The Bertz CT molecular complexity index is 902. The van der Waals surface area contributed by atoms with Gasteiger partial charge in [-0.15, -0.1) is 0 Å². The van der Waals surface area contributed by atoms with E-state index in [9.17, 15) is 13.5 Å². The first kappa shape index (κ1) is 16.6. The molecule has 24 heavy (non-hydrogen) atoms. The van der Waals surface area contributed by atoms with Crippen LogP contribution in [0, 0.1) is 18.3 Å². The molecular formula is C15H16N4O4S. The van der Waals surface area contributed by atoms with Gasteiger partial charge in [0.2, 0.25) is 10.0 Å². The van der Waals surface area contributed by atoms with Gasteiger partial charge in [0.1, 0.15) is 0 Å². The van der Waals surface area contributed by atoms with Gasteiger partial charge in [-0.05, 0) is 24.6 Å². The van der Waals surface area contributed by atoms with Crippen LogP contribution in [0.25, 0.3) is 0 Å². The Kier molecular flexibility index (Phi) is 4.13.